The number of nitrogens with one attached hydrogen (secondary N) is 1. The first-order valence-electron chi connectivity index (χ1n) is 15.7. The molecule has 6 rings (SSSR count). The van der Waals surface area contributed by atoms with Crippen molar-refractivity contribution in [1.82, 2.24) is 20.0 Å². The molecule has 4 fully saturated rings. The summed E-state index contributed by atoms with van der Waals surface area (Å²) in [5.74, 6) is -2.61. The van der Waals surface area contributed by atoms with Crippen molar-refractivity contribution in [2.24, 2.45) is 0 Å². The third-order valence-electron chi connectivity index (χ3n) is 9.53. The number of imide groups is 2. The summed E-state index contributed by atoms with van der Waals surface area (Å²) in [5, 5.41) is 2.20. The summed E-state index contributed by atoms with van der Waals surface area (Å²) in [4.78, 5) is 67.3. The molecule has 1 N–H and O–H groups in total. The van der Waals surface area contributed by atoms with Gasteiger partial charge >= 0.3 is 6.09 Å². The van der Waals surface area contributed by atoms with Crippen LogP contribution >= 0.6 is 0 Å². The van der Waals surface area contributed by atoms with Crippen LogP contribution in [0.1, 0.15) is 97.9 Å². The van der Waals surface area contributed by atoms with Gasteiger partial charge in [-0.25, -0.2) is 9.18 Å². The Kier molecular flexibility index (Phi) is 8.25. The van der Waals surface area contributed by atoms with Gasteiger partial charge in [0.2, 0.25) is 11.8 Å². The fraction of sp³-hybridized carbons (Fsp3) is 0.656. The number of halogens is 1. The molecule has 11 nitrogen and oxygen atoms in total. The van der Waals surface area contributed by atoms with E-state index in [9.17, 15) is 24.0 Å². The van der Waals surface area contributed by atoms with Crippen LogP contribution in [0.25, 0.3) is 0 Å². The number of ether oxygens (including phenoxy) is 2. The van der Waals surface area contributed by atoms with Gasteiger partial charge in [-0.15, -0.1) is 0 Å². The molecule has 0 radical (unpaired) electrons. The molecule has 3 atom stereocenters. The number of fused-ring (bicyclic) bond motifs is 1. The van der Waals surface area contributed by atoms with Crippen molar-refractivity contribution in [3.63, 3.8) is 0 Å². The van der Waals surface area contributed by atoms with Crippen LogP contribution in [0.15, 0.2) is 18.2 Å². The highest BCUT2D eigenvalue weighted by Crippen LogP contribution is 2.38. The first-order valence-corrected chi connectivity index (χ1v) is 15.7. The second-order valence-corrected chi connectivity index (χ2v) is 13.7. The zero-order chi connectivity index (χ0) is 31.3. The van der Waals surface area contributed by atoms with Gasteiger partial charge in [0.1, 0.15) is 17.8 Å². The average molecular weight is 613 g/mol. The molecule has 3 saturated heterocycles. The zero-order valence-electron chi connectivity index (χ0n) is 25.6. The summed E-state index contributed by atoms with van der Waals surface area (Å²) < 4.78 is 27.4. The van der Waals surface area contributed by atoms with E-state index in [1.165, 1.54) is 0 Å². The minimum absolute atomic E-state index is 0.0558. The lowest BCUT2D eigenvalue weighted by atomic mass is 9.82. The molecule has 0 aromatic heterocycles. The van der Waals surface area contributed by atoms with Crippen molar-refractivity contribution in [2.45, 2.75) is 108 Å². The number of hydrogen-bond acceptors (Lipinski definition) is 8. The Morgan fingerprint density at radius 1 is 0.932 bits per heavy atom. The largest absolute Gasteiger partial charge is 0.444 e. The Morgan fingerprint density at radius 2 is 1.64 bits per heavy atom. The molecule has 1 saturated carbocycles. The number of likely N-dealkylation sites (tertiary alicyclic amines) is 2. The van der Waals surface area contributed by atoms with Crippen LogP contribution in [0, 0.1) is 0 Å². The van der Waals surface area contributed by atoms with E-state index < -0.39 is 47.4 Å². The highest BCUT2D eigenvalue weighted by Gasteiger charge is 2.46. The topological polar surface area (TPSA) is 126 Å². The third-order valence-corrected chi connectivity index (χ3v) is 9.53. The first-order chi connectivity index (χ1) is 20.9. The molecule has 1 aromatic carbocycles. The number of alkyl halides is 1. The predicted molar refractivity (Wildman–Crippen MR) is 156 cm³/mol. The molecule has 1 aromatic rings. The van der Waals surface area contributed by atoms with Crippen molar-refractivity contribution in [3.05, 3.63) is 34.9 Å². The third kappa shape index (κ3) is 6.10. The molecular weight excluding hydrogens is 571 g/mol. The smallest absolute Gasteiger partial charge is 0.410 e. The van der Waals surface area contributed by atoms with Gasteiger partial charge in [0.15, 0.2) is 0 Å². The normalized spacial score (nSPS) is 30.2. The molecule has 12 heteroatoms. The van der Waals surface area contributed by atoms with Gasteiger partial charge < -0.3 is 14.4 Å². The van der Waals surface area contributed by atoms with Gasteiger partial charge in [-0.05, 0) is 83.5 Å². The van der Waals surface area contributed by atoms with Crippen molar-refractivity contribution in [3.8, 4) is 0 Å². The number of carbonyl (C=O) groups excluding carboxylic acids is 5. The number of nitrogens with zero attached hydrogens (tertiary/aromatic N) is 3. The van der Waals surface area contributed by atoms with E-state index >= 15 is 4.39 Å². The fourth-order valence-corrected chi connectivity index (χ4v) is 7.07. The molecule has 5 amide bonds. The lowest BCUT2D eigenvalue weighted by Gasteiger charge is -2.47. The van der Waals surface area contributed by atoms with E-state index in [4.69, 9.17) is 9.47 Å². The highest BCUT2D eigenvalue weighted by molar-refractivity contribution is 6.23. The van der Waals surface area contributed by atoms with Gasteiger partial charge in [-0.3, -0.25) is 34.3 Å². The lowest BCUT2D eigenvalue weighted by Crippen LogP contribution is -2.54. The van der Waals surface area contributed by atoms with Crippen LogP contribution in [0.4, 0.5) is 9.18 Å². The van der Waals surface area contributed by atoms with Crippen molar-refractivity contribution >= 4 is 29.7 Å². The van der Waals surface area contributed by atoms with E-state index in [0.717, 1.165) is 37.1 Å². The summed E-state index contributed by atoms with van der Waals surface area (Å²) in [5.41, 5.74) is 0.546. The molecule has 4 heterocycles. The lowest BCUT2D eigenvalue weighted by molar-refractivity contribution is -0.136. The molecule has 0 unspecified atom stereocenters. The first kappa shape index (κ1) is 30.6. The minimum Gasteiger partial charge on any atom is -0.444 e. The summed E-state index contributed by atoms with van der Waals surface area (Å²) in [6, 6.07) is 4.12. The Morgan fingerprint density at radius 3 is 2.30 bits per heavy atom. The number of piperidine rings is 3. The quantitative estimate of drug-likeness (QED) is 0.503. The van der Waals surface area contributed by atoms with Crippen molar-refractivity contribution in [1.29, 1.82) is 0 Å². The van der Waals surface area contributed by atoms with Crippen LogP contribution in [0.3, 0.4) is 0 Å². The Balaban J connectivity index is 0.979. The van der Waals surface area contributed by atoms with Crippen molar-refractivity contribution < 1.29 is 37.8 Å². The summed E-state index contributed by atoms with van der Waals surface area (Å²) >= 11 is 0. The predicted octanol–water partition coefficient (Wildman–Crippen LogP) is 3.16. The van der Waals surface area contributed by atoms with E-state index in [0.29, 0.717) is 31.6 Å². The van der Waals surface area contributed by atoms with Crippen molar-refractivity contribution in [2.75, 3.05) is 26.2 Å². The average Bonchev–Trinajstić information content (AvgIpc) is 3.18. The van der Waals surface area contributed by atoms with E-state index in [2.05, 4.69) is 10.2 Å². The number of carbonyl (C=O) groups is 5. The maximum Gasteiger partial charge on any atom is 0.410 e. The van der Waals surface area contributed by atoms with Gasteiger partial charge in [0.25, 0.3) is 11.8 Å². The molecule has 44 heavy (non-hydrogen) atoms. The number of amides is 5. The zero-order valence-corrected chi connectivity index (χ0v) is 25.6. The Labute approximate surface area is 256 Å². The summed E-state index contributed by atoms with van der Waals surface area (Å²) in [6.45, 7) is 7.83. The number of benzene rings is 1. The number of hydrogen-bond donors (Lipinski definition) is 1. The maximum atomic E-state index is 15.6. The van der Waals surface area contributed by atoms with Crippen LogP contribution < -0.4 is 5.32 Å². The fourth-order valence-electron chi connectivity index (χ4n) is 7.07. The van der Waals surface area contributed by atoms with Gasteiger partial charge in [0, 0.05) is 38.0 Å². The monoisotopic (exact) mass is 612 g/mol. The Hall–Kier alpha value is -3.38. The Bertz CT molecular complexity index is 1350. The SMILES string of the molecule is CC(C)(C)OC(=O)N1CCC(OC2CC(N3CC[C@@H](c4ccc5c(c4)C(=O)N([C@@H]4CCC(=O)NC4=O)C5=O)[C@@H](F)C3)C2)CC1. The highest BCUT2D eigenvalue weighted by atomic mass is 19.1. The molecule has 5 aliphatic rings. The van der Waals surface area contributed by atoms with Gasteiger partial charge in [0.05, 0.1) is 23.3 Å². The molecule has 0 bridgehead atoms. The second kappa shape index (κ2) is 11.8. The molecule has 1 aliphatic carbocycles. The van der Waals surface area contributed by atoms with E-state index in [1.807, 2.05) is 20.8 Å². The van der Waals surface area contributed by atoms with Crippen LogP contribution in [-0.4, -0.2) is 107 Å². The minimum atomic E-state index is -1.13. The maximum absolute atomic E-state index is 15.6. The summed E-state index contributed by atoms with van der Waals surface area (Å²) in [7, 11) is 0. The molecule has 0 spiro atoms. The van der Waals surface area contributed by atoms with Gasteiger partial charge in [-0.2, -0.15) is 0 Å². The second-order valence-electron chi connectivity index (χ2n) is 13.7. The molecule has 238 valence electrons. The molecular formula is C32H41FN4O7. The molecule has 4 aliphatic heterocycles. The van der Waals surface area contributed by atoms with Gasteiger partial charge in [-0.1, -0.05) is 6.07 Å². The van der Waals surface area contributed by atoms with E-state index in [-0.39, 0.29) is 48.3 Å². The van der Waals surface area contributed by atoms with Crippen LogP contribution in [0.5, 0.6) is 0 Å². The van der Waals surface area contributed by atoms with Crippen LogP contribution in [0.2, 0.25) is 0 Å². The van der Waals surface area contributed by atoms with E-state index in [1.54, 1.807) is 23.1 Å². The summed E-state index contributed by atoms with van der Waals surface area (Å²) in [6.07, 6.45) is 2.84. The standard InChI is InChI=1S/C32H41FN4O7/c1-32(2,3)44-31(42)35-11-8-20(9-12-35)43-21-15-19(16-21)36-13-10-22(25(33)17-36)18-4-5-23-24(14-18)30(41)37(29(23)40)26-6-7-27(38)34-28(26)39/h4-5,14,19-22,25-26H,6-13,15-17H2,1-3H3,(H,34,38,39)/t19?,21?,22-,25-,26+/m0/s1. The van der Waals surface area contributed by atoms with Crippen LogP contribution in [-0.2, 0) is 19.1 Å². The number of rotatable bonds is 5.